The number of ether oxygens (including phenoxy) is 1. The summed E-state index contributed by atoms with van der Waals surface area (Å²) in [7, 11) is 1.23. The van der Waals surface area contributed by atoms with Gasteiger partial charge in [0.25, 0.3) is 0 Å². The maximum atomic E-state index is 13.3. The monoisotopic (exact) mass is 216 g/mol. The summed E-state index contributed by atoms with van der Waals surface area (Å²) in [5.41, 5.74) is -0.147. The first kappa shape index (κ1) is 11.4. The van der Waals surface area contributed by atoms with Crippen LogP contribution in [0.2, 0.25) is 0 Å². The van der Waals surface area contributed by atoms with Crippen LogP contribution in [0.5, 0.6) is 5.75 Å². The molecule has 0 aromatic heterocycles. The third-order valence-electron chi connectivity index (χ3n) is 2.08. The molecule has 0 radical (unpaired) electrons. The molecule has 1 aromatic rings. The summed E-state index contributed by atoms with van der Waals surface area (Å²) < 4.78 is 30.9. The Labute approximate surface area is 85.3 Å². The number of rotatable bonds is 3. The van der Waals surface area contributed by atoms with Crippen LogP contribution in [-0.4, -0.2) is 18.2 Å². The quantitative estimate of drug-likeness (QED) is 0.842. The van der Waals surface area contributed by atoms with Gasteiger partial charge in [-0.1, -0.05) is 0 Å². The summed E-state index contributed by atoms with van der Waals surface area (Å²) >= 11 is 0. The molecule has 0 saturated carbocycles. The summed E-state index contributed by atoms with van der Waals surface area (Å²) in [4.78, 5) is 10.7. The molecule has 1 N–H and O–H groups in total. The highest BCUT2D eigenvalue weighted by molar-refractivity contribution is 5.76. The van der Waals surface area contributed by atoms with Crippen LogP contribution in [0.25, 0.3) is 0 Å². The zero-order valence-corrected chi connectivity index (χ0v) is 8.25. The number of methoxy groups -OCH3 is 1. The Morgan fingerprint density at radius 2 is 2.07 bits per heavy atom. The second kappa shape index (κ2) is 4.25. The number of hydrogen-bond donors (Lipinski definition) is 1. The molecule has 0 heterocycles. The number of carboxylic acid groups (broad SMARTS) is 1. The Morgan fingerprint density at radius 1 is 1.47 bits per heavy atom. The zero-order valence-electron chi connectivity index (χ0n) is 8.25. The van der Waals surface area contributed by atoms with Crippen LogP contribution in [0.4, 0.5) is 8.78 Å². The van der Waals surface area contributed by atoms with E-state index < -0.39 is 23.5 Å². The predicted molar refractivity (Wildman–Crippen MR) is 49.0 cm³/mol. The summed E-state index contributed by atoms with van der Waals surface area (Å²) in [6.45, 7) is 1.31. The molecule has 0 aliphatic carbocycles. The van der Waals surface area contributed by atoms with E-state index in [2.05, 4.69) is 0 Å². The Morgan fingerprint density at radius 3 is 2.53 bits per heavy atom. The van der Waals surface area contributed by atoms with E-state index in [0.29, 0.717) is 6.07 Å². The van der Waals surface area contributed by atoms with E-state index in [0.717, 1.165) is 6.07 Å². The van der Waals surface area contributed by atoms with E-state index in [9.17, 15) is 13.6 Å². The molecule has 0 amide bonds. The molecular weight excluding hydrogens is 206 g/mol. The number of hydrogen-bond acceptors (Lipinski definition) is 2. The highest BCUT2D eigenvalue weighted by Crippen LogP contribution is 2.30. The van der Waals surface area contributed by atoms with Gasteiger partial charge in [0.15, 0.2) is 0 Å². The Bertz CT molecular complexity index is 390. The second-order valence-corrected chi connectivity index (χ2v) is 3.06. The van der Waals surface area contributed by atoms with Gasteiger partial charge >= 0.3 is 5.97 Å². The molecule has 3 nitrogen and oxygen atoms in total. The van der Waals surface area contributed by atoms with Gasteiger partial charge in [-0.05, 0) is 6.92 Å². The normalized spacial score (nSPS) is 12.3. The largest absolute Gasteiger partial charge is 0.496 e. The number of aliphatic carboxylic acids is 1. The topological polar surface area (TPSA) is 46.5 Å². The fourth-order valence-corrected chi connectivity index (χ4v) is 1.27. The van der Waals surface area contributed by atoms with Crippen LogP contribution >= 0.6 is 0 Å². The number of benzene rings is 1. The van der Waals surface area contributed by atoms with Crippen molar-refractivity contribution in [3.05, 3.63) is 29.3 Å². The molecule has 0 spiro atoms. The third kappa shape index (κ3) is 2.23. The summed E-state index contributed by atoms with van der Waals surface area (Å²) in [6, 6.07) is 1.59. The molecule has 1 rings (SSSR count). The van der Waals surface area contributed by atoms with Crippen molar-refractivity contribution in [3.8, 4) is 5.75 Å². The minimum Gasteiger partial charge on any atom is -0.496 e. The lowest BCUT2D eigenvalue weighted by atomic mass is 9.99. The zero-order chi connectivity index (χ0) is 11.6. The van der Waals surface area contributed by atoms with Gasteiger partial charge in [-0.2, -0.15) is 0 Å². The Balaban J connectivity index is 3.32. The van der Waals surface area contributed by atoms with E-state index in [1.165, 1.54) is 14.0 Å². The molecule has 0 saturated heterocycles. The van der Waals surface area contributed by atoms with Crippen LogP contribution < -0.4 is 4.74 Å². The van der Waals surface area contributed by atoms with Gasteiger partial charge in [0, 0.05) is 17.7 Å². The molecular formula is C10H10F2O3. The first-order valence-corrected chi connectivity index (χ1v) is 4.23. The Kier molecular flexibility index (Phi) is 3.24. The van der Waals surface area contributed by atoms with Gasteiger partial charge in [0.05, 0.1) is 13.0 Å². The highest BCUT2D eigenvalue weighted by atomic mass is 19.1. The van der Waals surface area contributed by atoms with Crippen LogP contribution in [0.1, 0.15) is 18.4 Å². The van der Waals surface area contributed by atoms with Crippen LogP contribution in [-0.2, 0) is 4.79 Å². The first-order chi connectivity index (χ1) is 6.97. The third-order valence-corrected chi connectivity index (χ3v) is 2.08. The van der Waals surface area contributed by atoms with Gasteiger partial charge in [-0.25, -0.2) is 8.78 Å². The van der Waals surface area contributed by atoms with Crippen molar-refractivity contribution < 1.29 is 23.4 Å². The highest BCUT2D eigenvalue weighted by Gasteiger charge is 2.23. The van der Waals surface area contributed by atoms with Crippen LogP contribution in [0.15, 0.2) is 12.1 Å². The van der Waals surface area contributed by atoms with E-state index in [-0.39, 0.29) is 11.3 Å². The molecule has 82 valence electrons. The fourth-order valence-electron chi connectivity index (χ4n) is 1.27. The summed E-state index contributed by atoms with van der Waals surface area (Å²) in [6.07, 6.45) is 0. The molecule has 15 heavy (non-hydrogen) atoms. The van der Waals surface area contributed by atoms with Crippen molar-refractivity contribution >= 4 is 5.97 Å². The second-order valence-electron chi connectivity index (χ2n) is 3.06. The number of carbonyl (C=O) groups is 1. The van der Waals surface area contributed by atoms with E-state index in [1.54, 1.807) is 0 Å². The van der Waals surface area contributed by atoms with Crippen molar-refractivity contribution in [1.82, 2.24) is 0 Å². The van der Waals surface area contributed by atoms with Crippen LogP contribution in [0.3, 0.4) is 0 Å². The fraction of sp³-hybridized carbons (Fsp3) is 0.300. The van der Waals surface area contributed by atoms with E-state index >= 15 is 0 Å². The lowest BCUT2D eigenvalue weighted by molar-refractivity contribution is -0.138. The van der Waals surface area contributed by atoms with Crippen LogP contribution in [0, 0.1) is 11.6 Å². The molecule has 0 aliphatic heterocycles. The smallest absolute Gasteiger partial charge is 0.310 e. The van der Waals surface area contributed by atoms with Gasteiger partial charge in [-0.15, -0.1) is 0 Å². The van der Waals surface area contributed by atoms with Crippen molar-refractivity contribution in [3.63, 3.8) is 0 Å². The van der Waals surface area contributed by atoms with Crippen molar-refractivity contribution in [2.75, 3.05) is 7.11 Å². The van der Waals surface area contributed by atoms with Crippen molar-refractivity contribution in [1.29, 1.82) is 0 Å². The molecule has 1 atom stereocenters. The average molecular weight is 216 g/mol. The molecule has 0 bridgehead atoms. The molecule has 0 aliphatic rings. The minimum atomic E-state index is -1.20. The lowest BCUT2D eigenvalue weighted by Gasteiger charge is -2.13. The molecule has 1 unspecified atom stereocenters. The number of halogens is 2. The van der Waals surface area contributed by atoms with Gasteiger partial charge in [0.2, 0.25) is 0 Å². The van der Waals surface area contributed by atoms with Gasteiger partial charge in [-0.3, -0.25) is 4.79 Å². The Hall–Kier alpha value is -1.65. The molecule has 0 fully saturated rings. The molecule has 1 aromatic carbocycles. The first-order valence-electron chi connectivity index (χ1n) is 4.23. The maximum Gasteiger partial charge on any atom is 0.310 e. The summed E-state index contributed by atoms with van der Waals surface area (Å²) in [5, 5.41) is 8.73. The SMILES string of the molecule is COc1cc(F)cc(F)c1C(C)C(=O)O. The lowest BCUT2D eigenvalue weighted by Crippen LogP contribution is -2.11. The minimum absolute atomic E-state index is 0.0950. The number of carboxylic acids is 1. The average Bonchev–Trinajstić information content (AvgIpc) is 2.15. The van der Waals surface area contributed by atoms with Crippen molar-refractivity contribution in [2.45, 2.75) is 12.8 Å². The standard InChI is InChI=1S/C10H10F2O3/c1-5(10(13)14)9-7(12)3-6(11)4-8(9)15-2/h3-5H,1-2H3,(H,13,14). The van der Waals surface area contributed by atoms with E-state index in [4.69, 9.17) is 9.84 Å². The van der Waals surface area contributed by atoms with Gasteiger partial charge in [0.1, 0.15) is 17.4 Å². The maximum absolute atomic E-state index is 13.3. The summed E-state index contributed by atoms with van der Waals surface area (Å²) in [5.74, 6) is -4.09. The van der Waals surface area contributed by atoms with Crippen molar-refractivity contribution in [2.24, 2.45) is 0 Å². The predicted octanol–water partition coefficient (Wildman–Crippen LogP) is 2.16. The molecule has 5 heteroatoms. The van der Waals surface area contributed by atoms with Gasteiger partial charge < -0.3 is 9.84 Å². The van der Waals surface area contributed by atoms with E-state index in [1.807, 2.05) is 0 Å².